The third-order valence-corrected chi connectivity index (χ3v) is 3.31. The van der Waals surface area contributed by atoms with Gasteiger partial charge < -0.3 is 5.32 Å². The lowest BCUT2D eigenvalue weighted by Gasteiger charge is -2.05. The number of hydrogen-bond acceptors (Lipinski definition) is 3. The third-order valence-electron chi connectivity index (χ3n) is 1.88. The van der Waals surface area contributed by atoms with Gasteiger partial charge in [0, 0.05) is 12.2 Å². The monoisotopic (exact) mass is 226 g/mol. The zero-order valence-electron chi connectivity index (χ0n) is 8.53. The first-order chi connectivity index (χ1) is 7.10. The second kappa shape index (κ2) is 4.95. The van der Waals surface area contributed by atoms with Gasteiger partial charge >= 0.3 is 0 Å². The third kappa shape index (κ3) is 3.07. The summed E-state index contributed by atoms with van der Waals surface area (Å²) >= 11 is 0. The van der Waals surface area contributed by atoms with Crippen molar-refractivity contribution >= 4 is 15.7 Å². The largest absolute Gasteiger partial charge is 0.382 e. The molecule has 0 aromatic heterocycles. The fraction of sp³-hybridized carbons (Fsp3) is 0.200. The maximum absolute atomic E-state index is 11.4. The first kappa shape index (κ1) is 11.7. The summed E-state index contributed by atoms with van der Waals surface area (Å²) in [6, 6.07) is 6.54. The van der Waals surface area contributed by atoms with Gasteiger partial charge in [-0.25, -0.2) is 13.1 Å². The Kier molecular flexibility index (Phi) is 3.88. The molecule has 1 aromatic rings. The topological polar surface area (TPSA) is 58.2 Å². The van der Waals surface area contributed by atoms with Crippen molar-refractivity contribution < 1.29 is 8.42 Å². The Morgan fingerprint density at radius 3 is 2.40 bits per heavy atom. The van der Waals surface area contributed by atoms with E-state index < -0.39 is 10.0 Å². The smallest absolute Gasteiger partial charge is 0.240 e. The predicted octanol–water partition coefficient (Wildman–Crippen LogP) is 1.19. The maximum Gasteiger partial charge on any atom is 0.240 e. The molecule has 82 valence electrons. The summed E-state index contributed by atoms with van der Waals surface area (Å²) in [6.45, 7) is 4.23. The molecule has 0 saturated carbocycles. The molecule has 0 radical (unpaired) electrons. The molecule has 0 spiro atoms. The van der Waals surface area contributed by atoms with Crippen LogP contribution >= 0.6 is 0 Å². The van der Waals surface area contributed by atoms with E-state index in [-0.39, 0.29) is 4.90 Å². The van der Waals surface area contributed by atoms with Gasteiger partial charge in [0.25, 0.3) is 0 Å². The quantitative estimate of drug-likeness (QED) is 0.741. The zero-order valence-corrected chi connectivity index (χ0v) is 9.34. The first-order valence-corrected chi connectivity index (χ1v) is 5.97. The van der Waals surface area contributed by atoms with Crippen LogP contribution in [0.4, 0.5) is 5.69 Å². The fourth-order valence-corrected chi connectivity index (χ4v) is 1.79. The van der Waals surface area contributed by atoms with E-state index in [0.717, 1.165) is 5.69 Å². The second-order valence-corrected chi connectivity index (χ2v) is 4.79. The highest BCUT2D eigenvalue weighted by molar-refractivity contribution is 7.89. The Bertz CT molecular complexity index is 423. The van der Waals surface area contributed by atoms with Crippen LogP contribution in [-0.4, -0.2) is 22.0 Å². The standard InChI is InChI=1S/C10H14N2O2S/c1-3-8-12-9-4-6-10(7-5-9)15(13,14)11-2/h3-7,11-12H,1,8H2,2H3. The molecule has 0 bridgehead atoms. The van der Waals surface area contributed by atoms with E-state index in [1.54, 1.807) is 30.3 Å². The fourth-order valence-electron chi connectivity index (χ4n) is 1.06. The van der Waals surface area contributed by atoms with Gasteiger partial charge in [0.2, 0.25) is 10.0 Å². The van der Waals surface area contributed by atoms with Crippen molar-refractivity contribution in [2.75, 3.05) is 18.9 Å². The van der Waals surface area contributed by atoms with E-state index in [1.165, 1.54) is 7.05 Å². The average Bonchev–Trinajstić information content (AvgIpc) is 2.27. The van der Waals surface area contributed by atoms with Gasteiger partial charge in [-0.3, -0.25) is 0 Å². The molecule has 5 heteroatoms. The summed E-state index contributed by atoms with van der Waals surface area (Å²) in [6.07, 6.45) is 1.73. The van der Waals surface area contributed by atoms with Crippen LogP contribution < -0.4 is 10.0 Å². The van der Waals surface area contributed by atoms with E-state index in [4.69, 9.17) is 0 Å². The van der Waals surface area contributed by atoms with Gasteiger partial charge in [-0.1, -0.05) is 6.08 Å². The van der Waals surface area contributed by atoms with Crippen molar-refractivity contribution in [2.24, 2.45) is 0 Å². The lowest BCUT2D eigenvalue weighted by Crippen LogP contribution is -2.18. The predicted molar refractivity (Wildman–Crippen MR) is 61.4 cm³/mol. The van der Waals surface area contributed by atoms with E-state index in [1.807, 2.05) is 0 Å². The van der Waals surface area contributed by atoms with Crippen molar-refractivity contribution in [2.45, 2.75) is 4.90 Å². The van der Waals surface area contributed by atoms with Crippen LogP contribution in [0.2, 0.25) is 0 Å². The molecular weight excluding hydrogens is 212 g/mol. The summed E-state index contributed by atoms with van der Waals surface area (Å²) in [4.78, 5) is 0.258. The summed E-state index contributed by atoms with van der Waals surface area (Å²) in [7, 11) is -1.95. The van der Waals surface area contributed by atoms with Crippen molar-refractivity contribution in [3.63, 3.8) is 0 Å². The molecule has 15 heavy (non-hydrogen) atoms. The lowest BCUT2D eigenvalue weighted by atomic mass is 10.3. The van der Waals surface area contributed by atoms with Crippen molar-refractivity contribution in [1.29, 1.82) is 0 Å². The number of hydrogen-bond donors (Lipinski definition) is 2. The van der Waals surface area contributed by atoms with E-state index in [2.05, 4.69) is 16.6 Å². The number of benzene rings is 1. The summed E-state index contributed by atoms with van der Waals surface area (Å²) in [5, 5.41) is 3.06. The van der Waals surface area contributed by atoms with Crippen molar-refractivity contribution in [3.8, 4) is 0 Å². The van der Waals surface area contributed by atoms with Crippen molar-refractivity contribution in [3.05, 3.63) is 36.9 Å². The molecular formula is C10H14N2O2S. The van der Waals surface area contributed by atoms with Crippen LogP contribution in [0.15, 0.2) is 41.8 Å². The molecule has 0 amide bonds. The zero-order chi connectivity index (χ0) is 11.3. The normalized spacial score (nSPS) is 11.0. The molecule has 0 aliphatic carbocycles. The van der Waals surface area contributed by atoms with Gasteiger partial charge in [0.1, 0.15) is 0 Å². The molecule has 0 atom stereocenters. The first-order valence-electron chi connectivity index (χ1n) is 4.48. The van der Waals surface area contributed by atoms with E-state index in [0.29, 0.717) is 6.54 Å². The minimum Gasteiger partial charge on any atom is -0.382 e. The SMILES string of the molecule is C=CCNc1ccc(S(=O)(=O)NC)cc1. The van der Waals surface area contributed by atoms with Gasteiger partial charge in [-0.15, -0.1) is 6.58 Å². The molecule has 2 N–H and O–H groups in total. The highest BCUT2D eigenvalue weighted by Crippen LogP contribution is 2.13. The Balaban J connectivity index is 2.85. The highest BCUT2D eigenvalue weighted by atomic mass is 32.2. The van der Waals surface area contributed by atoms with Crippen LogP contribution in [0, 0.1) is 0 Å². The van der Waals surface area contributed by atoms with Crippen LogP contribution in [0.25, 0.3) is 0 Å². The molecule has 0 unspecified atom stereocenters. The van der Waals surface area contributed by atoms with E-state index in [9.17, 15) is 8.42 Å². The molecule has 1 aromatic carbocycles. The van der Waals surface area contributed by atoms with Crippen LogP contribution in [0.1, 0.15) is 0 Å². The molecule has 0 aliphatic rings. The number of anilines is 1. The molecule has 0 aliphatic heterocycles. The van der Waals surface area contributed by atoms with Crippen LogP contribution in [0.5, 0.6) is 0 Å². The van der Waals surface area contributed by atoms with Crippen LogP contribution in [-0.2, 0) is 10.0 Å². The van der Waals surface area contributed by atoms with Crippen LogP contribution in [0.3, 0.4) is 0 Å². The second-order valence-electron chi connectivity index (χ2n) is 2.90. The van der Waals surface area contributed by atoms with E-state index >= 15 is 0 Å². The minimum atomic E-state index is -3.33. The number of rotatable bonds is 5. The highest BCUT2D eigenvalue weighted by Gasteiger charge is 2.09. The summed E-state index contributed by atoms with van der Waals surface area (Å²) in [5.74, 6) is 0. The molecule has 1 rings (SSSR count). The Labute approximate surface area is 90.1 Å². The average molecular weight is 226 g/mol. The summed E-state index contributed by atoms with van der Waals surface area (Å²) < 4.78 is 25.0. The van der Waals surface area contributed by atoms with Crippen molar-refractivity contribution in [1.82, 2.24) is 4.72 Å². The Hall–Kier alpha value is -1.33. The van der Waals surface area contributed by atoms with Gasteiger partial charge in [0.05, 0.1) is 4.90 Å². The van der Waals surface area contributed by atoms with Gasteiger partial charge in [-0.2, -0.15) is 0 Å². The Morgan fingerprint density at radius 1 is 1.33 bits per heavy atom. The number of sulfonamides is 1. The summed E-state index contributed by atoms with van der Waals surface area (Å²) in [5.41, 5.74) is 0.866. The molecule has 0 saturated heterocycles. The lowest BCUT2D eigenvalue weighted by molar-refractivity contribution is 0.588. The van der Waals surface area contributed by atoms with Gasteiger partial charge in [0.15, 0.2) is 0 Å². The Morgan fingerprint density at radius 2 is 1.93 bits per heavy atom. The molecule has 0 heterocycles. The molecule has 4 nitrogen and oxygen atoms in total. The molecule has 0 fully saturated rings. The number of nitrogens with one attached hydrogen (secondary N) is 2. The minimum absolute atomic E-state index is 0.258. The maximum atomic E-state index is 11.4. The van der Waals surface area contributed by atoms with Gasteiger partial charge in [-0.05, 0) is 31.3 Å².